The highest BCUT2D eigenvalue weighted by Crippen LogP contribution is 2.38. The zero-order valence-electron chi connectivity index (χ0n) is 27.4. The molecule has 17 heteroatoms. The van der Waals surface area contributed by atoms with E-state index in [4.69, 9.17) is 9.47 Å². The number of phenolic OH excluding ortho intramolecular Hbond substituents is 1. The number of hydrogen-bond acceptors (Lipinski definition) is 12. The van der Waals surface area contributed by atoms with Crippen LogP contribution in [-0.4, -0.2) is 82.6 Å². The first-order chi connectivity index (χ1) is 24.3. The minimum Gasteiger partial charge on any atom is -0.506 e. The molecule has 0 fully saturated rings. The van der Waals surface area contributed by atoms with E-state index in [2.05, 4.69) is 20.8 Å². The number of aromatic nitrogens is 4. The van der Waals surface area contributed by atoms with Gasteiger partial charge in [-0.1, -0.05) is 36.4 Å². The average Bonchev–Trinajstić information content (AvgIpc) is 3.51. The SMILES string of the molecule is COc1ccc(C(C(=O)Oc2cc(C(=O)Nc3cc(C(=O)O)cc(C(=O)O)c3)c(O)c3ccccc23)N(C(=O)Sc2nnnn2C)C(C)C)cc1. The molecule has 2 amide bonds. The first kappa shape index (κ1) is 35.8. The summed E-state index contributed by atoms with van der Waals surface area (Å²) >= 11 is 0.707. The zero-order chi connectivity index (χ0) is 37.0. The second kappa shape index (κ2) is 15.0. The molecule has 5 aromatic rings. The van der Waals surface area contributed by atoms with Crippen LogP contribution < -0.4 is 14.8 Å². The topological polar surface area (TPSA) is 223 Å². The maximum atomic E-state index is 14.3. The van der Waals surface area contributed by atoms with Crippen molar-refractivity contribution in [3.63, 3.8) is 0 Å². The van der Waals surface area contributed by atoms with Crippen LogP contribution in [0.3, 0.4) is 0 Å². The summed E-state index contributed by atoms with van der Waals surface area (Å²) in [6.07, 6.45) is 0. The molecule has 0 spiro atoms. The van der Waals surface area contributed by atoms with Crippen molar-refractivity contribution >= 4 is 57.3 Å². The maximum Gasteiger partial charge on any atom is 0.339 e. The van der Waals surface area contributed by atoms with Crippen molar-refractivity contribution in [1.29, 1.82) is 0 Å². The van der Waals surface area contributed by atoms with E-state index in [1.807, 2.05) is 0 Å². The van der Waals surface area contributed by atoms with Crippen molar-refractivity contribution in [3.05, 3.63) is 95.1 Å². The van der Waals surface area contributed by atoms with Crippen molar-refractivity contribution in [1.82, 2.24) is 25.1 Å². The Morgan fingerprint density at radius 3 is 2.08 bits per heavy atom. The lowest BCUT2D eigenvalue weighted by Gasteiger charge is -2.33. The Kier molecular flexibility index (Phi) is 10.5. The van der Waals surface area contributed by atoms with Crippen molar-refractivity contribution in [2.75, 3.05) is 12.4 Å². The molecule has 1 unspecified atom stereocenters. The molecule has 0 aliphatic carbocycles. The van der Waals surface area contributed by atoms with E-state index < -0.39 is 58.0 Å². The summed E-state index contributed by atoms with van der Waals surface area (Å²) in [6.45, 7) is 3.43. The minimum absolute atomic E-state index is 0.126. The Balaban J connectivity index is 1.57. The van der Waals surface area contributed by atoms with Crippen molar-refractivity contribution < 1.29 is 48.8 Å². The van der Waals surface area contributed by atoms with Crippen molar-refractivity contribution in [2.45, 2.75) is 31.1 Å². The first-order valence-electron chi connectivity index (χ1n) is 15.0. The van der Waals surface area contributed by atoms with E-state index in [0.717, 1.165) is 24.3 Å². The number of ether oxygens (including phenoxy) is 2. The number of nitrogens with one attached hydrogen (secondary N) is 1. The normalized spacial score (nSPS) is 11.5. The van der Waals surface area contributed by atoms with Crippen molar-refractivity contribution in [2.24, 2.45) is 7.05 Å². The van der Waals surface area contributed by atoms with Crippen LogP contribution in [0.5, 0.6) is 17.2 Å². The van der Waals surface area contributed by atoms with Gasteiger partial charge in [0, 0.05) is 41.3 Å². The number of rotatable bonds is 11. The third-order valence-corrected chi connectivity index (χ3v) is 8.49. The molecule has 4 N–H and O–H groups in total. The Morgan fingerprint density at radius 2 is 1.53 bits per heavy atom. The highest BCUT2D eigenvalue weighted by molar-refractivity contribution is 8.13. The fourth-order valence-corrected chi connectivity index (χ4v) is 5.97. The molecule has 0 saturated carbocycles. The van der Waals surface area contributed by atoms with Gasteiger partial charge in [-0.15, -0.1) is 5.10 Å². The highest BCUT2D eigenvalue weighted by atomic mass is 32.2. The highest BCUT2D eigenvalue weighted by Gasteiger charge is 2.37. The van der Waals surface area contributed by atoms with E-state index in [-0.39, 0.29) is 32.9 Å². The van der Waals surface area contributed by atoms with Gasteiger partial charge in [-0.05, 0) is 66.2 Å². The molecule has 0 aliphatic heterocycles. The Hall–Kier alpha value is -6.49. The van der Waals surface area contributed by atoms with Crippen LogP contribution in [0.4, 0.5) is 10.5 Å². The summed E-state index contributed by atoms with van der Waals surface area (Å²) in [5.41, 5.74) is -0.981. The number of carbonyl (C=O) groups excluding carboxylic acids is 3. The standard InChI is InChI=1S/C34H30N6O10S/c1-17(2)40(34(48)51-33-36-37-38-39(33)3)27(18-9-11-22(49-4)12-10-18)32(47)50-26-16-25(28(41)24-8-6-5-7-23(24)26)29(42)35-21-14-19(30(43)44)13-20(15-21)31(45)46/h5-17,27,41H,1-4H3,(H,35,42)(H,43,44)(H,45,46). The summed E-state index contributed by atoms with van der Waals surface area (Å²) in [5, 5.41) is 43.6. The lowest BCUT2D eigenvalue weighted by atomic mass is 10.0. The fourth-order valence-electron chi connectivity index (χ4n) is 5.14. The van der Waals surface area contributed by atoms with Crippen LogP contribution >= 0.6 is 11.8 Å². The van der Waals surface area contributed by atoms with E-state index >= 15 is 0 Å². The molecular weight excluding hydrogens is 684 g/mol. The maximum absolute atomic E-state index is 14.3. The van der Waals surface area contributed by atoms with Gasteiger partial charge in [0.25, 0.3) is 11.1 Å². The van der Waals surface area contributed by atoms with E-state index in [1.165, 1.54) is 22.8 Å². The molecule has 1 atom stereocenters. The Morgan fingerprint density at radius 1 is 0.902 bits per heavy atom. The summed E-state index contributed by atoms with van der Waals surface area (Å²) in [4.78, 5) is 66.2. The largest absolute Gasteiger partial charge is 0.506 e. The van der Waals surface area contributed by atoms with Gasteiger partial charge in [0.1, 0.15) is 17.2 Å². The lowest BCUT2D eigenvalue weighted by Crippen LogP contribution is -2.43. The number of esters is 1. The molecule has 0 saturated heterocycles. The molecule has 16 nitrogen and oxygen atoms in total. The molecule has 0 radical (unpaired) electrons. The Labute approximate surface area is 293 Å². The average molecular weight is 715 g/mol. The summed E-state index contributed by atoms with van der Waals surface area (Å²) in [7, 11) is 3.04. The number of benzene rings is 4. The fraction of sp³-hybridized carbons (Fsp3) is 0.176. The molecule has 5 rings (SSSR count). The number of carboxylic acids is 2. The number of aromatic hydroxyl groups is 1. The number of phenols is 1. The van der Waals surface area contributed by atoms with Gasteiger partial charge in [0.05, 0.1) is 23.8 Å². The molecule has 1 aromatic heterocycles. The first-order valence-corrected chi connectivity index (χ1v) is 15.9. The minimum atomic E-state index is -1.43. The second-order valence-corrected chi connectivity index (χ2v) is 12.1. The quantitative estimate of drug-likeness (QED) is 0.0804. The lowest BCUT2D eigenvalue weighted by molar-refractivity contribution is -0.140. The zero-order valence-corrected chi connectivity index (χ0v) is 28.2. The molecule has 51 heavy (non-hydrogen) atoms. The number of anilines is 1. The van der Waals surface area contributed by atoms with Crippen molar-refractivity contribution in [3.8, 4) is 17.2 Å². The van der Waals surface area contributed by atoms with Gasteiger partial charge in [0.15, 0.2) is 6.04 Å². The predicted molar refractivity (Wildman–Crippen MR) is 182 cm³/mol. The predicted octanol–water partition coefficient (Wildman–Crippen LogP) is 5.00. The number of thioether (sulfide) groups is 1. The number of nitrogens with zero attached hydrogens (tertiary/aromatic N) is 5. The molecule has 1 heterocycles. The smallest absolute Gasteiger partial charge is 0.339 e. The molecular formula is C34H30N6O10S. The van der Waals surface area contributed by atoms with E-state index in [9.17, 15) is 39.3 Å². The third kappa shape index (κ3) is 7.73. The number of fused-ring (bicyclic) bond motifs is 1. The number of hydrogen-bond donors (Lipinski definition) is 4. The molecule has 0 bridgehead atoms. The monoisotopic (exact) mass is 714 g/mol. The summed E-state index contributed by atoms with van der Waals surface area (Å²) < 4.78 is 12.5. The van der Waals surface area contributed by atoms with Crippen LogP contribution in [0.2, 0.25) is 0 Å². The number of carbonyl (C=O) groups is 5. The number of amides is 2. The van der Waals surface area contributed by atoms with Gasteiger partial charge < -0.3 is 35.0 Å². The van der Waals surface area contributed by atoms with Gasteiger partial charge >= 0.3 is 17.9 Å². The van der Waals surface area contributed by atoms with Crippen LogP contribution in [0.1, 0.15) is 56.5 Å². The number of methoxy groups -OCH3 is 1. The number of carboxylic acid groups (broad SMARTS) is 2. The summed E-state index contributed by atoms with van der Waals surface area (Å²) in [5.74, 6) is -4.88. The second-order valence-electron chi connectivity index (χ2n) is 11.2. The van der Waals surface area contributed by atoms with Crippen LogP contribution in [-0.2, 0) is 11.8 Å². The van der Waals surface area contributed by atoms with E-state index in [1.54, 1.807) is 63.4 Å². The van der Waals surface area contributed by atoms with Crippen LogP contribution in [0, 0.1) is 0 Å². The Bertz CT molecular complexity index is 2140. The number of aromatic carboxylic acids is 2. The van der Waals surface area contributed by atoms with Gasteiger partial charge in [-0.2, -0.15) is 0 Å². The van der Waals surface area contributed by atoms with Crippen LogP contribution in [0.15, 0.2) is 78.0 Å². The van der Waals surface area contributed by atoms with Gasteiger partial charge in [-0.3, -0.25) is 9.59 Å². The molecule has 262 valence electrons. The van der Waals surface area contributed by atoms with E-state index in [0.29, 0.717) is 23.1 Å². The summed E-state index contributed by atoms with van der Waals surface area (Å²) in [6, 6.07) is 15.0. The number of tetrazole rings is 1. The van der Waals surface area contributed by atoms with Gasteiger partial charge in [0.2, 0.25) is 5.16 Å². The third-order valence-electron chi connectivity index (χ3n) is 7.58. The molecule has 0 aliphatic rings. The number of aryl methyl sites for hydroxylation is 1. The van der Waals surface area contributed by atoms with Gasteiger partial charge in [-0.25, -0.2) is 19.1 Å². The molecule has 4 aromatic carbocycles. The van der Waals surface area contributed by atoms with Crippen LogP contribution in [0.25, 0.3) is 10.8 Å².